The van der Waals surface area contributed by atoms with Gasteiger partial charge in [0.25, 0.3) is 0 Å². The first kappa shape index (κ1) is 12.4. The highest BCUT2D eigenvalue weighted by molar-refractivity contribution is 4.86. The molecule has 1 saturated heterocycles. The zero-order valence-electron chi connectivity index (χ0n) is 10.9. The van der Waals surface area contributed by atoms with Gasteiger partial charge >= 0.3 is 0 Å². The molecule has 94 valence electrons. The van der Waals surface area contributed by atoms with Crippen LogP contribution in [0.4, 0.5) is 0 Å². The van der Waals surface area contributed by atoms with Gasteiger partial charge in [-0.05, 0) is 43.9 Å². The van der Waals surface area contributed by atoms with E-state index in [0.29, 0.717) is 6.04 Å². The molecule has 0 amide bonds. The van der Waals surface area contributed by atoms with Crippen molar-refractivity contribution in [3.63, 3.8) is 0 Å². The van der Waals surface area contributed by atoms with Crippen molar-refractivity contribution < 1.29 is 4.74 Å². The third-order valence-electron chi connectivity index (χ3n) is 4.38. The van der Waals surface area contributed by atoms with E-state index in [2.05, 4.69) is 19.2 Å². The molecule has 2 nitrogen and oxygen atoms in total. The van der Waals surface area contributed by atoms with Gasteiger partial charge in [-0.3, -0.25) is 0 Å². The van der Waals surface area contributed by atoms with Gasteiger partial charge in [0.05, 0.1) is 6.61 Å². The monoisotopic (exact) mass is 225 g/mol. The molecule has 2 rings (SSSR count). The fraction of sp³-hybridized carbons (Fsp3) is 1.00. The van der Waals surface area contributed by atoms with E-state index in [1.165, 1.54) is 38.5 Å². The number of rotatable bonds is 3. The van der Waals surface area contributed by atoms with Crippen LogP contribution in [0.3, 0.4) is 0 Å². The van der Waals surface area contributed by atoms with Gasteiger partial charge in [-0.1, -0.05) is 20.3 Å². The Morgan fingerprint density at radius 1 is 1.25 bits per heavy atom. The van der Waals surface area contributed by atoms with Gasteiger partial charge in [-0.25, -0.2) is 0 Å². The fourth-order valence-electron chi connectivity index (χ4n) is 3.34. The highest BCUT2D eigenvalue weighted by Crippen LogP contribution is 2.31. The van der Waals surface area contributed by atoms with Gasteiger partial charge in [0.2, 0.25) is 0 Å². The van der Waals surface area contributed by atoms with Crippen LogP contribution in [0.5, 0.6) is 0 Å². The minimum absolute atomic E-state index is 0.626. The molecule has 1 aliphatic carbocycles. The molecule has 2 aliphatic rings. The lowest BCUT2D eigenvalue weighted by Crippen LogP contribution is -2.48. The van der Waals surface area contributed by atoms with Crippen molar-refractivity contribution in [2.45, 2.75) is 64.5 Å². The summed E-state index contributed by atoms with van der Waals surface area (Å²) < 4.78 is 5.55. The topological polar surface area (TPSA) is 21.3 Å². The third-order valence-corrected chi connectivity index (χ3v) is 4.38. The van der Waals surface area contributed by atoms with E-state index in [1.807, 2.05) is 0 Å². The largest absolute Gasteiger partial charge is 0.380 e. The molecule has 0 aromatic heterocycles. The minimum Gasteiger partial charge on any atom is -0.380 e. The molecule has 0 spiro atoms. The van der Waals surface area contributed by atoms with E-state index in [1.54, 1.807) is 0 Å². The second-order valence-electron chi connectivity index (χ2n) is 5.77. The molecule has 1 saturated carbocycles. The molecule has 0 aromatic rings. The van der Waals surface area contributed by atoms with Crippen molar-refractivity contribution in [3.8, 4) is 0 Å². The first-order valence-electron chi connectivity index (χ1n) is 7.13. The highest BCUT2D eigenvalue weighted by atomic mass is 16.5. The van der Waals surface area contributed by atoms with Gasteiger partial charge in [0.15, 0.2) is 0 Å². The summed E-state index contributed by atoms with van der Waals surface area (Å²) in [5.41, 5.74) is 0. The van der Waals surface area contributed by atoms with Crippen molar-refractivity contribution in [3.05, 3.63) is 0 Å². The normalized spacial score (nSPS) is 40.9. The van der Waals surface area contributed by atoms with Crippen LogP contribution in [-0.4, -0.2) is 25.3 Å². The summed E-state index contributed by atoms with van der Waals surface area (Å²) in [6.45, 7) is 6.65. The van der Waals surface area contributed by atoms with Gasteiger partial charge in [0, 0.05) is 18.7 Å². The standard InChI is InChI=1S/C14H27NO/c1-3-12-9-11(2)6-7-14(12)15-13-5-4-8-16-10-13/h11-15H,3-10H2,1-2H3. The van der Waals surface area contributed by atoms with Gasteiger partial charge in [-0.2, -0.15) is 0 Å². The molecule has 16 heavy (non-hydrogen) atoms. The van der Waals surface area contributed by atoms with Crippen molar-refractivity contribution >= 4 is 0 Å². The van der Waals surface area contributed by atoms with E-state index in [9.17, 15) is 0 Å². The number of ether oxygens (including phenoxy) is 1. The molecule has 2 heteroatoms. The highest BCUT2D eigenvalue weighted by Gasteiger charge is 2.29. The summed E-state index contributed by atoms with van der Waals surface area (Å²) in [7, 11) is 0. The summed E-state index contributed by atoms with van der Waals surface area (Å²) in [5.74, 6) is 1.83. The molecule has 1 N–H and O–H groups in total. The summed E-state index contributed by atoms with van der Waals surface area (Å²) in [6.07, 6.45) is 8.06. The van der Waals surface area contributed by atoms with Crippen molar-refractivity contribution in [2.24, 2.45) is 11.8 Å². The average Bonchev–Trinajstić information content (AvgIpc) is 2.33. The van der Waals surface area contributed by atoms with E-state index < -0.39 is 0 Å². The lowest BCUT2D eigenvalue weighted by Gasteiger charge is -2.38. The zero-order valence-corrected chi connectivity index (χ0v) is 10.9. The van der Waals surface area contributed by atoms with Crippen LogP contribution in [-0.2, 0) is 4.74 Å². The Bertz CT molecular complexity index is 201. The van der Waals surface area contributed by atoms with Crippen LogP contribution >= 0.6 is 0 Å². The molecule has 0 aromatic carbocycles. The van der Waals surface area contributed by atoms with Crippen LogP contribution in [0.1, 0.15) is 52.4 Å². The maximum absolute atomic E-state index is 5.55. The Morgan fingerprint density at radius 2 is 2.12 bits per heavy atom. The Hall–Kier alpha value is -0.0800. The van der Waals surface area contributed by atoms with Crippen molar-refractivity contribution in [2.75, 3.05) is 13.2 Å². The van der Waals surface area contributed by atoms with Crippen molar-refractivity contribution in [1.29, 1.82) is 0 Å². The van der Waals surface area contributed by atoms with Crippen LogP contribution < -0.4 is 5.32 Å². The molecule has 0 bridgehead atoms. The maximum Gasteiger partial charge on any atom is 0.0619 e. The lowest BCUT2D eigenvalue weighted by molar-refractivity contribution is 0.0572. The Kier molecular flexibility index (Phi) is 4.66. The van der Waals surface area contributed by atoms with Crippen LogP contribution in [0.2, 0.25) is 0 Å². The maximum atomic E-state index is 5.55. The molecular weight excluding hydrogens is 198 g/mol. The summed E-state index contributed by atoms with van der Waals surface area (Å²) in [6, 6.07) is 1.38. The van der Waals surface area contributed by atoms with Crippen LogP contribution in [0.25, 0.3) is 0 Å². The van der Waals surface area contributed by atoms with E-state index in [0.717, 1.165) is 31.1 Å². The van der Waals surface area contributed by atoms with Crippen LogP contribution in [0, 0.1) is 11.8 Å². The Morgan fingerprint density at radius 3 is 2.81 bits per heavy atom. The van der Waals surface area contributed by atoms with E-state index >= 15 is 0 Å². The van der Waals surface area contributed by atoms with Gasteiger partial charge in [0.1, 0.15) is 0 Å². The second kappa shape index (κ2) is 6.02. The molecule has 4 unspecified atom stereocenters. The van der Waals surface area contributed by atoms with Crippen LogP contribution in [0.15, 0.2) is 0 Å². The molecule has 4 atom stereocenters. The first-order chi connectivity index (χ1) is 7.79. The predicted molar refractivity (Wildman–Crippen MR) is 67.6 cm³/mol. The molecule has 2 fully saturated rings. The minimum atomic E-state index is 0.626. The number of hydrogen-bond acceptors (Lipinski definition) is 2. The Labute approximate surface area is 100 Å². The molecule has 0 radical (unpaired) electrons. The SMILES string of the molecule is CCC1CC(C)CCC1NC1CCCOC1. The first-order valence-corrected chi connectivity index (χ1v) is 7.13. The summed E-state index contributed by atoms with van der Waals surface area (Å²) in [5, 5.41) is 3.85. The van der Waals surface area contributed by atoms with Gasteiger partial charge in [-0.15, -0.1) is 0 Å². The zero-order chi connectivity index (χ0) is 11.4. The third kappa shape index (κ3) is 3.21. The molecule has 1 aliphatic heterocycles. The number of nitrogens with one attached hydrogen (secondary N) is 1. The average molecular weight is 225 g/mol. The summed E-state index contributed by atoms with van der Waals surface area (Å²) in [4.78, 5) is 0. The predicted octanol–water partition coefficient (Wildman–Crippen LogP) is 2.97. The van der Waals surface area contributed by atoms with Gasteiger partial charge < -0.3 is 10.1 Å². The van der Waals surface area contributed by atoms with Crippen molar-refractivity contribution in [1.82, 2.24) is 5.32 Å². The molecule has 1 heterocycles. The van der Waals surface area contributed by atoms with E-state index in [4.69, 9.17) is 4.74 Å². The number of hydrogen-bond donors (Lipinski definition) is 1. The quantitative estimate of drug-likeness (QED) is 0.797. The molecular formula is C14H27NO. The lowest BCUT2D eigenvalue weighted by atomic mass is 9.77. The summed E-state index contributed by atoms with van der Waals surface area (Å²) >= 11 is 0. The fourth-order valence-corrected chi connectivity index (χ4v) is 3.34. The smallest absolute Gasteiger partial charge is 0.0619 e. The second-order valence-corrected chi connectivity index (χ2v) is 5.77. The Balaban J connectivity index is 1.82. The van der Waals surface area contributed by atoms with E-state index in [-0.39, 0.29) is 0 Å².